The topological polar surface area (TPSA) is 66.6 Å². The molecule has 0 radical (unpaired) electrons. The monoisotopic (exact) mass is 252 g/mol. The highest BCUT2D eigenvalue weighted by Crippen LogP contribution is 2.23. The Bertz CT molecular complexity index is 443. The number of aromatic hydroxyl groups is 1. The van der Waals surface area contributed by atoms with Crippen molar-refractivity contribution in [2.75, 3.05) is 19.6 Å². The van der Waals surface area contributed by atoms with Gasteiger partial charge < -0.3 is 15.7 Å². The van der Waals surface area contributed by atoms with E-state index in [1.165, 1.54) is 6.07 Å². The zero-order valence-corrected chi connectivity index (χ0v) is 10.1. The largest absolute Gasteiger partial charge is 0.507 e. The third-order valence-corrected chi connectivity index (χ3v) is 3.42. The van der Waals surface area contributed by atoms with Crippen molar-refractivity contribution in [2.24, 2.45) is 11.7 Å². The van der Waals surface area contributed by atoms with Crippen LogP contribution in [0.1, 0.15) is 23.2 Å². The molecule has 1 fully saturated rings. The molecule has 1 amide bonds. The van der Waals surface area contributed by atoms with Gasteiger partial charge in [-0.1, -0.05) is 0 Å². The first-order valence-electron chi connectivity index (χ1n) is 6.09. The van der Waals surface area contributed by atoms with Crippen molar-refractivity contribution in [3.63, 3.8) is 0 Å². The van der Waals surface area contributed by atoms with Crippen LogP contribution in [-0.2, 0) is 0 Å². The number of benzene rings is 1. The summed E-state index contributed by atoms with van der Waals surface area (Å²) < 4.78 is 13.1. The highest BCUT2D eigenvalue weighted by molar-refractivity contribution is 5.96. The van der Waals surface area contributed by atoms with Gasteiger partial charge in [0, 0.05) is 13.1 Å². The molecule has 5 heteroatoms. The Labute approximate surface area is 105 Å². The second-order valence-corrected chi connectivity index (χ2v) is 4.63. The highest BCUT2D eigenvalue weighted by atomic mass is 19.1. The van der Waals surface area contributed by atoms with Crippen molar-refractivity contribution in [1.29, 1.82) is 0 Å². The van der Waals surface area contributed by atoms with E-state index in [1.807, 2.05) is 0 Å². The van der Waals surface area contributed by atoms with E-state index in [2.05, 4.69) is 0 Å². The van der Waals surface area contributed by atoms with Crippen LogP contribution in [0.25, 0.3) is 0 Å². The molecule has 1 heterocycles. The predicted octanol–water partition coefficient (Wildman–Crippen LogP) is 1.34. The van der Waals surface area contributed by atoms with Gasteiger partial charge in [0.05, 0.1) is 5.56 Å². The minimum atomic E-state index is -0.520. The Balaban J connectivity index is 2.10. The van der Waals surface area contributed by atoms with Crippen molar-refractivity contribution in [3.8, 4) is 5.75 Å². The fourth-order valence-electron chi connectivity index (χ4n) is 2.22. The molecule has 0 spiro atoms. The second-order valence-electron chi connectivity index (χ2n) is 4.63. The maximum Gasteiger partial charge on any atom is 0.257 e. The maximum atomic E-state index is 13.1. The molecule has 0 bridgehead atoms. The number of piperidine rings is 1. The van der Waals surface area contributed by atoms with E-state index in [9.17, 15) is 14.3 Å². The summed E-state index contributed by atoms with van der Waals surface area (Å²) in [5, 5.41) is 9.60. The summed E-state index contributed by atoms with van der Waals surface area (Å²) >= 11 is 0. The Hall–Kier alpha value is -1.62. The van der Waals surface area contributed by atoms with Gasteiger partial charge in [-0.05, 0) is 43.5 Å². The number of nitrogens with zero attached hydrogens (tertiary/aromatic N) is 1. The number of amides is 1. The molecule has 1 aliphatic heterocycles. The number of rotatable bonds is 2. The fraction of sp³-hybridized carbons (Fsp3) is 0.462. The molecule has 0 aromatic heterocycles. The summed E-state index contributed by atoms with van der Waals surface area (Å²) in [6.07, 6.45) is 1.72. The lowest BCUT2D eigenvalue weighted by Gasteiger charge is -2.31. The van der Waals surface area contributed by atoms with Crippen LogP contribution in [-0.4, -0.2) is 35.5 Å². The lowest BCUT2D eigenvalue weighted by Crippen LogP contribution is -2.40. The Morgan fingerprint density at radius 3 is 2.72 bits per heavy atom. The summed E-state index contributed by atoms with van der Waals surface area (Å²) in [6, 6.07) is 3.41. The molecule has 2 rings (SSSR count). The van der Waals surface area contributed by atoms with Crippen molar-refractivity contribution in [2.45, 2.75) is 12.8 Å². The standard InChI is InChI=1S/C13H17FN2O2/c14-10-1-2-12(17)11(7-10)13(18)16-5-3-9(8-15)4-6-16/h1-2,7,9,17H,3-6,8,15H2. The van der Waals surface area contributed by atoms with Crippen LogP contribution in [0.15, 0.2) is 18.2 Å². The van der Waals surface area contributed by atoms with Crippen molar-refractivity contribution in [1.82, 2.24) is 4.90 Å². The minimum Gasteiger partial charge on any atom is -0.507 e. The molecule has 0 unspecified atom stereocenters. The lowest BCUT2D eigenvalue weighted by atomic mass is 9.96. The molecule has 1 aliphatic rings. The van der Waals surface area contributed by atoms with Gasteiger partial charge in [0.15, 0.2) is 0 Å². The van der Waals surface area contributed by atoms with Gasteiger partial charge in [-0.25, -0.2) is 4.39 Å². The van der Waals surface area contributed by atoms with E-state index in [4.69, 9.17) is 5.73 Å². The zero-order valence-electron chi connectivity index (χ0n) is 10.1. The van der Waals surface area contributed by atoms with E-state index in [0.29, 0.717) is 25.6 Å². The molecule has 18 heavy (non-hydrogen) atoms. The van der Waals surface area contributed by atoms with Gasteiger partial charge in [0.25, 0.3) is 5.91 Å². The second kappa shape index (κ2) is 5.35. The summed E-state index contributed by atoms with van der Waals surface area (Å²) in [5.41, 5.74) is 5.62. The summed E-state index contributed by atoms with van der Waals surface area (Å²) in [7, 11) is 0. The molecule has 98 valence electrons. The normalized spacial score (nSPS) is 16.9. The summed E-state index contributed by atoms with van der Waals surface area (Å²) in [5.74, 6) is -0.562. The maximum absolute atomic E-state index is 13.1. The van der Waals surface area contributed by atoms with Crippen LogP contribution in [0.2, 0.25) is 0 Å². The van der Waals surface area contributed by atoms with Gasteiger partial charge in [0.1, 0.15) is 11.6 Å². The van der Waals surface area contributed by atoms with Crippen LogP contribution in [0, 0.1) is 11.7 Å². The summed E-state index contributed by atoms with van der Waals surface area (Å²) in [6.45, 7) is 1.85. The molecule has 4 nitrogen and oxygen atoms in total. The first kappa shape index (κ1) is 12.8. The molecular weight excluding hydrogens is 235 g/mol. The summed E-state index contributed by atoms with van der Waals surface area (Å²) in [4.78, 5) is 13.8. The van der Waals surface area contributed by atoms with Crippen LogP contribution < -0.4 is 5.73 Å². The van der Waals surface area contributed by atoms with Crippen molar-refractivity contribution < 1.29 is 14.3 Å². The van der Waals surface area contributed by atoms with Crippen LogP contribution in [0.5, 0.6) is 5.75 Å². The molecular formula is C13H17FN2O2. The number of likely N-dealkylation sites (tertiary alicyclic amines) is 1. The number of phenols is 1. The number of nitrogens with two attached hydrogens (primary N) is 1. The lowest BCUT2D eigenvalue weighted by molar-refractivity contribution is 0.0690. The van der Waals surface area contributed by atoms with Gasteiger partial charge in [-0.15, -0.1) is 0 Å². The molecule has 0 atom stereocenters. The van der Waals surface area contributed by atoms with E-state index < -0.39 is 5.82 Å². The highest BCUT2D eigenvalue weighted by Gasteiger charge is 2.24. The Kier molecular flexibility index (Phi) is 3.81. The number of carbonyl (C=O) groups excluding carboxylic acids is 1. The Morgan fingerprint density at radius 1 is 1.44 bits per heavy atom. The number of hydrogen-bond donors (Lipinski definition) is 2. The van der Waals surface area contributed by atoms with Gasteiger partial charge in [0.2, 0.25) is 0 Å². The van der Waals surface area contributed by atoms with Crippen LogP contribution in [0.4, 0.5) is 4.39 Å². The number of hydrogen-bond acceptors (Lipinski definition) is 3. The molecule has 1 aromatic rings. The van der Waals surface area contributed by atoms with E-state index >= 15 is 0 Å². The number of halogens is 1. The number of carbonyl (C=O) groups is 1. The van der Waals surface area contributed by atoms with Crippen molar-refractivity contribution >= 4 is 5.91 Å². The fourth-order valence-corrected chi connectivity index (χ4v) is 2.22. The van der Waals surface area contributed by atoms with Gasteiger partial charge >= 0.3 is 0 Å². The van der Waals surface area contributed by atoms with Crippen LogP contribution >= 0.6 is 0 Å². The van der Waals surface area contributed by atoms with E-state index in [-0.39, 0.29) is 17.2 Å². The first-order valence-corrected chi connectivity index (χ1v) is 6.09. The third-order valence-electron chi connectivity index (χ3n) is 3.42. The quantitative estimate of drug-likeness (QED) is 0.834. The van der Waals surface area contributed by atoms with E-state index in [0.717, 1.165) is 25.0 Å². The zero-order chi connectivity index (χ0) is 13.1. The van der Waals surface area contributed by atoms with Gasteiger partial charge in [-0.3, -0.25) is 4.79 Å². The predicted molar refractivity (Wildman–Crippen MR) is 65.7 cm³/mol. The smallest absolute Gasteiger partial charge is 0.257 e. The van der Waals surface area contributed by atoms with Gasteiger partial charge in [-0.2, -0.15) is 0 Å². The van der Waals surface area contributed by atoms with E-state index in [1.54, 1.807) is 4.90 Å². The number of phenolic OH excluding ortho intramolecular Hbond substituents is 1. The molecule has 3 N–H and O–H groups in total. The third kappa shape index (κ3) is 2.61. The SMILES string of the molecule is NCC1CCN(C(=O)c2cc(F)ccc2O)CC1. The Morgan fingerprint density at radius 2 is 2.11 bits per heavy atom. The average Bonchev–Trinajstić information content (AvgIpc) is 2.41. The van der Waals surface area contributed by atoms with Crippen molar-refractivity contribution in [3.05, 3.63) is 29.6 Å². The molecule has 0 aliphatic carbocycles. The first-order chi connectivity index (χ1) is 8.61. The molecule has 0 saturated carbocycles. The minimum absolute atomic E-state index is 0.0289. The molecule has 1 saturated heterocycles. The average molecular weight is 252 g/mol. The van der Waals surface area contributed by atoms with Crippen LogP contribution in [0.3, 0.4) is 0 Å². The molecule has 1 aromatic carbocycles.